The summed E-state index contributed by atoms with van der Waals surface area (Å²) in [5.74, 6) is 0.409. The predicted octanol–water partition coefficient (Wildman–Crippen LogP) is 0.0554. The number of aliphatic hydroxyl groups excluding tert-OH is 1. The van der Waals surface area contributed by atoms with Gasteiger partial charge in [-0.2, -0.15) is 0 Å². The minimum Gasteiger partial charge on any atom is -0.396 e. The molecule has 17 heavy (non-hydrogen) atoms. The molecule has 6 heteroatoms. The SMILES string of the molecule is C[C@@H]1CN(S(=O)(=O)C[C@@H]2CCCO2)C[C@H]1CO. The van der Waals surface area contributed by atoms with Crippen molar-refractivity contribution in [1.29, 1.82) is 0 Å². The highest BCUT2D eigenvalue weighted by atomic mass is 32.2. The highest BCUT2D eigenvalue weighted by Crippen LogP contribution is 2.26. The number of sulfonamides is 1. The Kier molecular flexibility index (Phi) is 4.07. The van der Waals surface area contributed by atoms with Crippen molar-refractivity contribution >= 4 is 10.0 Å². The standard InChI is InChI=1S/C11H21NO4S/c1-9-5-12(6-10(9)7-13)17(14,15)8-11-3-2-4-16-11/h9-11,13H,2-8H2,1H3/t9-,10+,11+/m1/s1. The Bertz CT molecular complexity index is 350. The minimum absolute atomic E-state index is 0.0626. The molecule has 0 bridgehead atoms. The zero-order valence-corrected chi connectivity index (χ0v) is 11.0. The van der Waals surface area contributed by atoms with Crippen LogP contribution in [0.4, 0.5) is 0 Å². The Morgan fingerprint density at radius 2 is 2.18 bits per heavy atom. The summed E-state index contributed by atoms with van der Waals surface area (Å²) in [7, 11) is -3.22. The molecule has 2 heterocycles. The van der Waals surface area contributed by atoms with Crippen LogP contribution < -0.4 is 0 Å². The lowest BCUT2D eigenvalue weighted by atomic mass is 10.00. The van der Waals surface area contributed by atoms with E-state index < -0.39 is 10.0 Å². The maximum absolute atomic E-state index is 12.2. The van der Waals surface area contributed by atoms with Crippen LogP contribution in [0.1, 0.15) is 19.8 Å². The molecule has 2 saturated heterocycles. The molecule has 0 saturated carbocycles. The van der Waals surface area contributed by atoms with Gasteiger partial charge < -0.3 is 9.84 Å². The predicted molar refractivity (Wildman–Crippen MR) is 64.1 cm³/mol. The van der Waals surface area contributed by atoms with E-state index >= 15 is 0 Å². The van der Waals surface area contributed by atoms with Crippen molar-refractivity contribution < 1.29 is 18.3 Å². The molecule has 2 aliphatic rings. The smallest absolute Gasteiger partial charge is 0.216 e. The van der Waals surface area contributed by atoms with Crippen LogP contribution in [-0.2, 0) is 14.8 Å². The molecule has 100 valence electrons. The summed E-state index contributed by atoms with van der Waals surface area (Å²) in [6, 6.07) is 0. The largest absolute Gasteiger partial charge is 0.396 e. The molecule has 0 radical (unpaired) electrons. The van der Waals surface area contributed by atoms with Crippen molar-refractivity contribution in [1.82, 2.24) is 4.31 Å². The lowest BCUT2D eigenvalue weighted by Crippen LogP contribution is -2.35. The summed E-state index contributed by atoms with van der Waals surface area (Å²) in [4.78, 5) is 0. The maximum atomic E-state index is 12.2. The second kappa shape index (κ2) is 5.22. The number of aliphatic hydroxyl groups is 1. The van der Waals surface area contributed by atoms with Crippen LogP contribution in [0.2, 0.25) is 0 Å². The molecule has 0 aliphatic carbocycles. The van der Waals surface area contributed by atoms with E-state index in [1.54, 1.807) is 0 Å². The average Bonchev–Trinajstić information content (AvgIpc) is 2.87. The fourth-order valence-corrected chi connectivity index (χ4v) is 4.39. The first-order chi connectivity index (χ1) is 8.03. The Morgan fingerprint density at radius 1 is 1.41 bits per heavy atom. The van der Waals surface area contributed by atoms with E-state index in [0.29, 0.717) is 19.7 Å². The van der Waals surface area contributed by atoms with Crippen LogP contribution in [0.5, 0.6) is 0 Å². The lowest BCUT2D eigenvalue weighted by molar-refractivity contribution is 0.126. The van der Waals surface area contributed by atoms with E-state index in [2.05, 4.69) is 0 Å². The molecule has 0 amide bonds. The van der Waals surface area contributed by atoms with Gasteiger partial charge in [-0.3, -0.25) is 0 Å². The zero-order valence-electron chi connectivity index (χ0n) is 10.2. The Morgan fingerprint density at radius 3 is 2.71 bits per heavy atom. The number of nitrogens with zero attached hydrogens (tertiary/aromatic N) is 1. The van der Waals surface area contributed by atoms with Crippen LogP contribution in [-0.4, -0.2) is 56.0 Å². The molecule has 3 atom stereocenters. The van der Waals surface area contributed by atoms with Gasteiger partial charge in [0.05, 0.1) is 11.9 Å². The topological polar surface area (TPSA) is 66.8 Å². The van der Waals surface area contributed by atoms with Gasteiger partial charge in [-0.15, -0.1) is 0 Å². The van der Waals surface area contributed by atoms with Gasteiger partial charge in [0.1, 0.15) is 0 Å². The summed E-state index contributed by atoms with van der Waals surface area (Å²) < 4.78 is 31.2. The van der Waals surface area contributed by atoms with Crippen molar-refractivity contribution in [3.8, 4) is 0 Å². The molecule has 0 unspecified atom stereocenters. The van der Waals surface area contributed by atoms with Crippen LogP contribution in [0.3, 0.4) is 0 Å². The normalized spacial score (nSPS) is 35.5. The molecule has 0 aromatic carbocycles. The fourth-order valence-electron chi connectivity index (χ4n) is 2.57. The van der Waals surface area contributed by atoms with Crippen LogP contribution in [0.15, 0.2) is 0 Å². The monoisotopic (exact) mass is 263 g/mol. The molecule has 0 spiro atoms. The van der Waals surface area contributed by atoms with E-state index in [9.17, 15) is 8.42 Å². The van der Waals surface area contributed by atoms with Crippen molar-refractivity contribution in [2.24, 2.45) is 11.8 Å². The summed E-state index contributed by atoms with van der Waals surface area (Å²) in [5, 5.41) is 9.16. The van der Waals surface area contributed by atoms with Crippen molar-refractivity contribution in [3.05, 3.63) is 0 Å². The molecule has 0 aromatic heterocycles. The van der Waals surface area contributed by atoms with Gasteiger partial charge in [0, 0.05) is 26.3 Å². The number of hydrogen-bond donors (Lipinski definition) is 1. The van der Waals surface area contributed by atoms with E-state index in [4.69, 9.17) is 9.84 Å². The summed E-state index contributed by atoms with van der Waals surface area (Å²) in [6.45, 7) is 3.71. The van der Waals surface area contributed by atoms with Crippen LogP contribution in [0.25, 0.3) is 0 Å². The van der Waals surface area contributed by atoms with E-state index in [1.807, 2.05) is 6.92 Å². The number of ether oxygens (including phenoxy) is 1. The van der Waals surface area contributed by atoms with Gasteiger partial charge in [0.25, 0.3) is 0 Å². The van der Waals surface area contributed by atoms with Gasteiger partial charge in [-0.25, -0.2) is 12.7 Å². The quantitative estimate of drug-likeness (QED) is 0.778. The summed E-state index contributed by atoms with van der Waals surface area (Å²) >= 11 is 0. The van der Waals surface area contributed by atoms with Crippen molar-refractivity contribution in [3.63, 3.8) is 0 Å². The van der Waals surface area contributed by atoms with Crippen molar-refractivity contribution in [2.75, 3.05) is 32.1 Å². The molecule has 2 aliphatic heterocycles. The molecule has 5 nitrogen and oxygen atoms in total. The van der Waals surface area contributed by atoms with Crippen LogP contribution >= 0.6 is 0 Å². The first-order valence-electron chi connectivity index (χ1n) is 6.23. The second-order valence-corrected chi connectivity index (χ2v) is 7.16. The maximum Gasteiger partial charge on any atom is 0.216 e. The first kappa shape index (κ1) is 13.3. The summed E-state index contributed by atoms with van der Waals surface area (Å²) in [5.41, 5.74) is 0. The number of hydrogen-bond acceptors (Lipinski definition) is 4. The van der Waals surface area contributed by atoms with Crippen LogP contribution in [0, 0.1) is 11.8 Å². The van der Waals surface area contributed by atoms with E-state index in [-0.39, 0.29) is 30.3 Å². The highest BCUT2D eigenvalue weighted by Gasteiger charge is 2.37. The highest BCUT2D eigenvalue weighted by molar-refractivity contribution is 7.89. The molecular formula is C11H21NO4S. The van der Waals surface area contributed by atoms with Gasteiger partial charge in [0.2, 0.25) is 10.0 Å². The Hall–Kier alpha value is -0.170. The zero-order chi connectivity index (χ0) is 12.5. The third-order valence-corrected chi connectivity index (χ3v) is 5.66. The Balaban J connectivity index is 1.96. The summed E-state index contributed by atoms with van der Waals surface area (Å²) in [6.07, 6.45) is 1.66. The van der Waals surface area contributed by atoms with E-state index in [0.717, 1.165) is 12.8 Å². The average molecular weight is 263 g/mol. The second-order valence-electron chi connectivity index (χ2n) is 5.15. The molecule has 2 fully saturated rings. The van der Waals surface area contributed by atoms with E-state index in [1.165, 1.54) is 4.31 Å². The van der Waals surface area contributed by atoms with Gasteiger partial charge >= 0.3 is 0 Å². The van der Waals surface area contributed by atoms with Gasteiger partial charge in [0.15, 0.2) is 0 Å². The van der Waals surface area contributed by atoms with Gasteiger partial charge in [-0.1, -0.05) is 6.92 Å². The Labute approximate surface area is 103 Å². The molecule has 1 N–H and O–H groups in total. The number of rotatable bonds is 4. The molecule has 0 aromatic rings. The third kappa shape index (κ3) is 2.99. The molecular weight excluding hydrogens is 242 g/mol. The van der Waals surface area contributed by atoms with Crippen molar-refractivity contribution in [2.45, 2.75) is 25.9 Å². The minimum atomic E-state index is -3.22. The van der Waals surface area contributed by atoms with Gasteiger partial charge in [-0.05, 0) is 24.7 Å². The fraction of sp³-hybridized carbons (Fsp3) is 1.00. The third-order valence-electron chi connectivity index (χ3n) is 3.78. The lowest BCUT2D eigenvalue weighted by Gasteiger charge is -2.18. The first-order valence-corrected chi connectivity index (χ1v) is 7.84. The molecule has 2 rings (SSSR count).